The van der Waals surface area contributed by atoms with Gasteiger partial charge >= 0.3 is 6.18 Å². The van der Waals surface area contributed by atoms with Gasteiger partial charge in [-0.15, -0.1) is 0 Å². The number of morpholine rings is 1. The van der Waals surface area contributed by atoms with Crippen LogP contribution in [0.3, 0.4) is 0 Å². The number of H-pyrrole nitrogens is 1. The van der Waals surface area contributed by atoms with Crippen LogP contribution in [0.5, 0.6) is 5.75 Å². The summed E-state index contributed by atoms with van der Waals surface area (Å²) in [6.45, 7) is 13.1. The van der Waals surface area contributed by atoms with Gasteiger partial charge in [0.05, 0.1) is 18.9 Å². The van der Waals surface area contributed by atoms with Crippen LogP contribution in [0.2, 0.25) is 0 Å². The Bertz CT molecular complexity index is 1230. The standard InChI is InChI=1S/C29H40F3N5O4/c1-6-21-22(26(38)33-18(2)3)24-23(25(35-34-24)29(30,31)32)28(4,5)17-37(21)27(39)19-7-9-20(10-8-19)41-16-13-36-11-14-40-15-12-36/h7-10,18,26,33,38H,6,11-17H2,1-5H3,(H,34,35). The number of fused-ring (bicyclic) bond motifs is 1. The van der Waals surface area contributed by atoms with Crippen molar-refractivity contribution in [1.29, 1.82) is 0 Å². The Balaban J connectivity index is 1.66. The lowest BCUT2D eigenvalue weighted by atomic mass is 9.81. The molecule has 1 saturated heterocycles. The molecule has 1 fully saturated rings. The van der Waals surface area contributed by atoms with E-state index >= 15 is 0 Å². The van der Waals surface area contributed by atoms with Crippen LogP contribution in [0, 0.1) is 0 Å². The Morgan fingerprint density at radius 2 is 1.88 bits per heavy atom. The number of benzene rings is 1. The van der Waals surface area contributed by atoms with E-state index in [1.165, 1.54) is 4.90 Å². The molecule has 0 bridgehead atoms. The fraction of sp³-hybridized carbons (Fsp3) is 0.586. The molecule has 226 valence electrons. The summed E-state index contributed by atoms with van der Waals surface area (Å²) in [7, 11) is 0. The van der Waals surface area contributed by atoms with Crippen LogP contribution in [-0.4, -0.2) is 89.3 Å². The van der Waals surface area contributed by atoms with Crippen molar-refractivity contribution in [3.8, 4) is 5.75 Å². The number of nitrogens with zero attached hydrogens (tertiary/aromatic N) is 3. The highest BCUT2D eigenvalue weighted by Crippen LogP contribution is 2.45. The topological polar surface area (TPSA) is 103 Å². The Morgan fingerprint density at radius 1 is 1.22 bits per heavy atom. The first kappa shape index (κ1) is 31.0. The van der Waals surface area contributed by atoms with Crippen LogP contribution in [0.25, 0.3) is 5.57 Å². The first-order valence-corrected chi connectivity index (χ1v) is 14.0. The summed E-state index contributed by atoms with van der Waals surface area (Å²) < 4.78 is 53.5. The lowest BCUT2D eigenvalue weighted by Gasteiger charge is -2.33. The van der Waals surface area contributed by atoms with Gasteiger partial charge in [-0.1, -0.05) is 20.8 Å². The van der Waals surface area contributed by atoms with E-state index in [4.69, 9.17) is 9.47 Å². The zero-order valence-corrected chi connectivity index (χ0v) is 24.3. The van der Waals surface area contributed by atoms with E-state index in [0.29, 0.717) is 36.8 Å². The first-order chi connectivity index (χ1) is 19.3. The average Bonchev–Trinajstić information content (AvgIpc) is 3.34. The van der Waals surface area contributed by atoms with Crippen molar-refractivity contribution in [3.05, 3.63) is 52.5 Å². The third kappa shape index (κ3) is 6.94. The third-order valence-corrected chi connectivity index (χ3v) is 7.40. The highest BCUT2D eigenvalue weighted by atomic mass is 19.4. The lowest BCUT2D eigenvalue weighted by Crippen LogP contribution is -2.41. The number of aromatic amines is 1. The second kappa shape index (κ2) is 12.5. The maximum absolute atomic E-state index is 14.1. The van der Waals surface area contributed by atoms with Crippen molar-refractivity contribution in [3.63, 3.8) is 0 Å². The van der Waals surface area contributed by atoms with Crippen LogP contribution in [0.4, 0.5) is 13.2 Å². The number of ether oxygens (including phenoxy) is 2. The third-order valence-electron chi connectivity index (χ3n) is 7.40. The van der Waals surface area contributed by atoms with E-state index in [1.54, 1.807) is 38.1 Å². The van der Waals surface area contributed by atoms with Crippen molar-refractivity contribution in [2.45, 2.75) is 64.9 Å². The summed E-state index contributed by atoms with van der Waals surface area (Å²) in [6.07, 6.45) is -5.76. The maximum atomic E-state index is 14.1. The Kier molecular flexibility index (Phi) is 9.47. The number of hydrogen-bond acceptors (Lipinski definition) is 7. The van der Waals surface area contributed by atoms with Gasteiger partial charge in [-0.3, -0.25) is 20.1 Å². The number of aliphatic hydroxyl groups excluding tert-OH is 1. The minimum absolute atomic E-state index is 0.0414. The fourth-order valence-electron chi connectivity index (χ4n) is 5.50. The molecule has 1 unspecified atom stereocenters. The van der Waals surface area contributed by atoms with Crippen molar-refractivity contribution >= 4 is 11.5 Å². The van der Waals surface area contributed by atoms with Crippen LogP contribution >= 0.6 is 0 Å². The van der Waals surface area contributed by atoms with Crippen molar-refractivity contribution < 1.29 is 32.5 Å². The molecule has 0 aliphatic carbocycles. The number of carbonyl (C=O) groups excluding carboxylic acids is 1. The molecule has 0 saturated carbocycles. The maximum Gasteiger partial charge on any atom is 0.435 e. The molecule has 3 N–H and O–H groups in total. The highest BCUT2D eigenvalue weighted by Gasteiger charge is 2.47. The van der Waals surface area contributed by atoms with Gasteiger partial charge in [-0.05, 0) is 44.5 Å². The summed E-state index contributed by atoms with van der Waals surface area (Å²) >= 11 is 0. The molecule has 1 aromatic carbocycles. The van der Waals surface area contributed by atoms with E-state index in [9.17, 15) is 23.1 Å². The summed E-state index contributed by atoms with van der Waals surface area (Å²) in [5.41, 5.74) is -1.22. The fourth-order valence-corrected chi connectivity index (χ4v) is 5.50. The second-order valence-corrected chi connectivity index (χ2v) is 11.4. The summed E-state index contributed by atoms with van der Waals surface area (Å²) in [5, 5.41) is 20.4. The average molecular weight is 580 g/mol. The second-order valence-electron chi connectivity index (χ2n) is 11.4. The van der Waals surface area contributed by atoms with Crippen molar-refractivity contribution in [2.75, 3.05) is 46.0 Å². The molecule has 3 heterocycles. The molecule has 1 amide bonds. The van der Waals surface area contributed by atoms with Crippen LogP contribution in [0.15, 0.2) is 30.0 Å². The Labute approximate surface area is 238 Å². The minimum atomic E-state index is -4.72. The lowest BCUT2D eigenvalue weighted by molar-refractivity contribution is -0.142. The molecule has 9 nitrogen and oxygen atoms in total. The minimum Gasteiger partial charge on any atom is -0.492 e. The van der Waals surface area contributed by atoms with Gasteiger partial charge < -0.3 is 19.5 Å². The van der Waals surface area contributed by atoms with Gasteiger partial charge in [0.1, 0.15) is 18.6 Å². The normalized spacial score (nSPS) is 18.8. The van der Waals surface area contributed by atoms with Gasteiger partial charge in [0, 0.05) is 60.0 Å². The SMILES string of the molecule is CCC1=C(C(O)NC(C)C)c2[nH]nc(C(F)(F)F)c2C(C)(C)CN1C(=O)c1ccc(OCCN2CCOCC2)cc1. The molecule has 12 heteroatoms. The van der Waals surface area contributed by atoms with E-state index in [2.05, 4.69) is 20.4 Å². The predicted molar refractivity (Wildman–Crippen MR) is 148 cm³/mol. The van der Waals surface area contributed by atoms with Gasteiger partial charge in [-0.25, -0.2) is 0 Å². The molecule has 4 rings (SSSR count). The number of halogens is 3. The number of aliphatic hydroxyl groups is 1. The number of aromatic nitrogens is 2. The molecule has 1 atom stereocenters. The van der Waals surface area contributed by atoms with E-state index in [0.717, 1.165) is 19.6 Å². The molecular weight excluding hydrogens is 539 g/mol. The molecular formula is C29H40F3N5O4. The molecule has 1 aromatic heterocycles. The number of alkyl halides is 3. The molecule has 2 aliphatic rings. The van der Waals surface area contributed by atoms with Crippen LogP contribution in [-0.2, 0) is 16.3 Å². The van der Waals surface area contributed by atoms with Crippen LogP contribution in [0.1, 0.15) is 68.3 Å². The summed E-state index contributed by atoms with van der Waals surface area (Å²) in [4.78, 5) is 17.7. The zero-order valence-electron chi connectivity index (χ0n) is 24.3. The van der Waals surface area contributed by atoms with Gasteiger partial charge in [0.15, 0.2) is 5.69 Å². The molecule has 0 radical (unpaired) electrons. The van der Waals surface area contributed by atoms with E-state index in [-0.39, 0.29) is 41.7 Å². The zero-order chi connectivity index (χ0) is 29.9. The molecule has 0 spiro atoms. The number of rotatable bonds is 9. The Morgan fingerprint density at radius 3 is 2.46 bits per heavy atom. The number of carbonyl (C=O) groups is 1. The summed E-state index contributed by atoms with van der Waals surface area (Å²) in [6, 6.07) is 6.56. The van der Waals surface area contributed by atoms with Crippen LogP contribution < -0.4 is 10.1 Å². The highest BCUT2D eigenvalue weighted by molar-refractivity contribution is 5.97. The number of amides is 1. The molecule has 2 aromatic rings. The number of nitrogens with one attached hydrogen (secondary N) is 2. The first-order valence-electron chi connectivity index (χ1n) is 14.0. The van der Waals surface area contributed by atoms with Gasteiger partial charge in [-0.2, -0.15) is 18.3 Å². The van der Waals surface area contributed by atoms with Gasteiger partial charge in [0.25, 0.3) is 5.91 Å². The predicted octanol–water partition coefficient (Wildman–Crippen LogP) is 4.01. The van der Waals surface area contributed by atoms with E-state index < -0.39 is 23.5 Å². The number of allylic oxidation sites excluding steroid dienone is 1. The van der Waals surface area contributed by atoms with Crippen molar-refractivity contribution in [2.24, 2.45) is 0 Å². The smallest absolute Gasteiger partial charge is 0.435 e. The summed E-state index contributed by atoms with van der Waals surface area (Å²) in [5.74, 6) is 0.237. The van der Waals surface area contributed by atoms with Gasteiger partial charge in [0.2, 0.25) is 0 Å². The van der Waals surface area contributed by atoms with E-state index in [1.807, 2.05) is 20.8 Å². The quantitative estimate of drug-likeness (QED) is 0.386. The number of hydrogen-bond donors (Lipinski definition) is 3. The largest absolute Gasteiger partial charge is 0.492 e. The molecule has 2 aliphatic heterocycles. The Hall–Kier alpha value is -2.93. The molecule has 41 heavy (non-hydrogen) atoms. The van der Waals surface area contributed by atoms with Crippen molar-refractivity contribution in [1.82, 2.24) is 25.3 Å². The monoisotopic (exact) mass is 579 g/mol.